The molecule has 47 heavy (non-hydrogen) atoms. The van der Waals surface area contributed by atoms with Gasteiger partial charge in [0.05, 0.1) is 31.7 Å². The zero-order valence-electron chi connectivity index (χ0n) is 29.2. The predicted octanol–water partition coefficient (Wildman–Crippen LogP) is 8.48. The molecule has 10 heteroatoms. The summed E-state index contributed by atoms with van der Waals surface area (Å²) in [6.07, 6.45) is 26.2. The Bertz CT molecular complexity index is 1230. The average molecular weight is 658 g/mol. The van der Waals surface area contributed by atoms with Crippen molar-refractivity contribution in [1.82, 2.24) is 19.5 Å². The van der Waals surface area contributed by atoms with Crippen LogP contribution in [0.3, 0.4) is 0 Å². The van der Waals surface area contributed by atoms with Gasteiger partial charge in [-0.3, -0.25) is 9.78 Å². The zero-order chi connectivity index (χ0) is 33.7. The number of aromatic amines is 1. The molecule has 1 aliphatic rings. The molecule has 2 aromatic heterocycles. The van der Waals surface area contributed by atoms with Crippen molar-refractivity contribution in [2.75, 3.05) is 25.6 Å². The molecule has 2 heterocycles. The summed E-state index contributed by atoms with van der Waals surface area (Å²) >= 11 is 0. The van der Waals surface area contributed by atoms with Crippen LogP contribution in [-0.4, -0.2) is 50.6 Å². The highest BCUT2D eigenvalue weighted by Gasteiger charge is 2.38. The van der Waals surface area contributed by atoms with Crippen LogP contribution in [0.4, 0.5) is 5.95 Å². The van der Waals surface area contributed by atoms with Crippen LogP contribution < -0.4 is 11.3 Å². The van der Waals surface area contributed by atoms with Crippen molar-refractivity contribution in [3.05, 3.63) is 41.2 Å². The summed E-state index contributed by atoms with van der Waals surface area (Å²) in [5.41, 5.74) is 6.86. The number of fused-ring (bicyclic) bond motifs is 1. The molecule has 2 aromatic rings. The van der Waals surface area contributed by atoms with Gasteiger partial charge in [0.15, 0.2) is 11.2 Å². The Morgan fingerprint density at radius 1 is 0.936 bits per heavy atom. The maximum Gasteiger partial charge on any atom is 0.280 e. The van der Waals surface area contributed by atoms with Crippen molar-refractivity contribution in [1.29, 1.82) is 0 Å². The molecule has 0 spiro atoms. The molecule has 1 aliphatic carbocycles. The molecule has 10 nitrogen and oxygen atoms in total. The van der Waals surface area contributed by atoms with E-state index in [1.165, 1.54) is 96.3 Å². The Morgan fingerprint density at radius 2 is 1.51 bits per heavy atom. The number of nitrogens with two attached hydrogens (primary N) is 1. The molecule has 1 saturated carbocycles. The van der Waals surface area contributed by atoms with Crippen molar-refractivity contribution in [2.24, 2.45) is 5.92 Å². The summed E-state index contributed by atoms with van der Waals surface area (Å²) in [6, 6.07) is -0.206. The molecule has 3 rings (SSSR count). The summed E-state index contributed by atoms with van der Waals surface area (Å²) in [5.74, 6) is 0.623. The summed E-state index contributed by atoms with van der Waals surface area (Å²) in [7, 11) is 0. The van der Waals surface area contributed by atoms with Crippen molar-refractivity contribution >= 4 is 17.1 Å². The number of aromatic nitrogens is 4. The number of nitrogens with zero attached hydrogens (tertiary/aromatic N) is 3. The van der Waals surface area contributed by atoms with E-state index in [-0.39, 0.29) is 29.0 Å². The molecule has 0 unspecified atom stereocenters. The van der Waals surface area contributed by atoms with Crippen LogP contribution >= 0.6 is 0 Å². The third-order valence-corrected chi connectivity index (χ3v) is 9.42. The van der Waals surface area contributed by atoms with Crippen molar-refractivity contribution in [2.45, 2.75) is 154 Å². The minimum absolute atomic E-state index is 0.0388. The number of imidazole rings is 1. The van der Waals surface area contributed by atoms with E-state index < -0.39 is 6.10 Å². The van der Waals surface area contributed by atoms with E-state index in [1.807, 2.05) is 0 Å². The number of nitrogen functional groups attached to an aromatic ring is 1. The van der Waals surface area contributed by atoms with Gasteiger partial charge in [-0.25, -0.2) is 4.98 Å². The summed E-state index contributed by atoms with van der Waals surface area (Å²) < 4.78 is 7.73. The number of nitrogens with one attached hydrogen (secondary N) is 1. The van der Waals surface area contributed by atoms with Crippen LogP contribution in [0.25, 0.3) is 11.2 Å². The molecule has 0 bridgehead atoms. The molecule has 0 amide bonds. The smallest absolute Gasteiger partial charge is 0.280 e. The largest absolute Gasteiger partial charge is 0.392 e. The minimum Gasteiger partial charge on any atom is -0.392 e. The molecule has 0 saturated heterocycles. The minimum atomic E-state index is -0.567. The lowest BCUT2D eigenvalue weighted by Gasteiger charge is -2.18. The number of rotatable bonds is 28. The third-order valence-electron chi connectivity index (χ3n) is 9.42. The van der Waals surface area contributed by atoms with E-state index in [9.17, 15) is 9.90 Å². The second-order valence-electron chi connectivity index (χ2n) is 13.4. The Hall–Kier alpha value is -2.69. The normalized spacial score (nSPS) is 18.0. The number of allylic oxidation sites excluding steroid dienone is 1. The fraction of sp³-hybridized carbons (Fsp3) is 0.757. The number of hydrogen-bond donors (Lipinski definition) is 3. The Morgan fingerprint density at radius 3 is 2.15 bits per heavy atom. The van der Waals surface area contributed by atoms with Gasteiger partial charge in [-0.2, -0.15) is 9.87 Å². The zero-order valence-corrected chi connectivity index (χ0v) is 29.2. The molecule has 266 valence electrons. The molecule has 1 fully saturated rings. The topological polar surface area (TPSA) is 138 Å². The third kappa shape index (κ3) is 14.1. The number of aliphatic hydroxyl groups is 1. The van der Waals surface area contributed by atoms with E-state index in [2.05, 4.69) is 35.0 Å². The lowest BCUT2D eigenvalue weighted by molar-refractivity contribution is -0.264. The highest BCUT2D eigenvalue weighted by molar-refractivity contribution is 5.71. The van der Waals surface area contributed by atoms with Gasteiger partial charge in [0.2, 0.25) is 5.95 Å². The lowest BCUT2D eigenvalue weighted by Crippen LogP contribution is -2.20. The number of ether oxygens (including phenoxy) is 1. The van der Waals surface area contributed by atoms with Crippen LogP contribution in [0.2, 0.25) is 0 Å². The number of H-pyrrole nitrogens is 1. The second kappa shape index (κ2) is 22.8. The van der Waals surface area contributed by atoms with Gasteiger partial charge in [-0.1, -0.05) is 123 Å². The van der Waals surface area contributed by atoms with Crippen LogP contribution in [0.5, 0.6) is 0 Å². The van der Waals surface area contributed by atoms with Crippen LogP contribution in [0, 0.1) is 5.92 Å². The fourth-order valence-corrected chi connectivity index (χ4v) is 6.51. The maximum absolute atomic E-state index is 12.1. The van der Waals surface area contributed by atoms with Crippen LogP contribution in [0.1, 0.15) is 148 Å². The summed E-state index contributed by atoms with van der Waals surface area (Å²) in [6.45, 7) is 12.3. The number of aliphatic hydroxyl groups excluding tert-OH is 1. The SMILES string of the molecule is C=C(CCCCCCCCCCCOC[C@H]1C(=C)[C@@H](n2cnc3c(=O)[nH]c(N)nc32)C[C@@H]1O)OOCCCCCCCCCCCC. The molecule has 0 radical (unpaired) electrons. The lowest BCUT2D eigenvalue weighted by atomic mass is 10.0. The summed E-state index contributed by atoms with van der Waals surface area (Å²) in [4.78, 5) is 33.8. The Kier molecular flexibility index (Phi) is 18.8. The first-order valence-electron chi connectivity index (χ1n) is 18.6. The average Bonchev–Trinajstić information content (AvgIpc) is 3.59. The van der Waals surface area contributed by atoms with E-state index in [0.717, 1.165) is 43.4 Å². The quantitative estimate of drug-likeness (QED) is 0.0272. The van der Waals surface area contributed by atoms with Crippen molar-refractivity contribution < 1.29 is 19.6 Å². The first-order chi connectivity index (χ1) is 22.9. The van der Waals surface area contributed by atoms with Gasteiger partial charge in [-0.15, -0.1) is 0 Å². The molecule has 0 aliphatic heterocycles. The van der Waals surface area contributed by atoms with E-state index in [1.54, 1.807) is 10.9 Å². The molecule has 3 atom stereocenters. The number of unbranched alkanes of at least 4 members (excludes halogenated alkanes) is 17. The number of anilines is 1. The van der Waals surface area contributed by atoms with Crippen molar-refractivity contribution in [3.8, 4) is 0 Å². The Labute approximate surface area is 282 Å². The molecular weight excluding hydrogens is 594 g/mol. The monoisotopic (exact) mass is 657 g/mol. The van der Waals surface area contributed by atoms with Gasteiger partial charge in [-0.05, 0) is 31.3 Å². The predicted molar refractivity (Wildman–Crippen MR) is 190 cm³/mol. The van der Waals surface area contributed by atoms with Crippen LogP contribution in [-0.2, 0) is 14.5 Å². The van der Waals surface area contributed by atoms with Gasteiger partial charge in [0.25, 0.3) is 5.56 Å². The number of hydrogen-bond acceptors (Lipinski definition) is 8. The van der Waals surface area contributed by atoms with Gasteiger partial charge < -0.3 is 25.0 Å². The first kappa shape index (κ1) is 38.8. The standard InChI is InChI=1S/C37H63N5O5/c1-4-5-6-7-8-9-13-16-19-22-25-46-47-29(2)23-20-17-14-11-10-12-15-18-21-24-45-27-31-30(3)32(26-33(31)43)42-28-39-34-35(42)40-37(38)41-36(34)44/h28,31-33,43H,2-27H2,1H3,(H3,38,40,41,44)/t31-,32-,33-/m0/s1. The fourth-order valence-electron chi connectivity index (χ4n) is 6.51. The first-order valence-corrected chi connectivity index (χ1v) is 18.6. The van der Waals surface area contributed by atoms with Gasteiger partial charge in [0.1, 0.15) is 5.76 Å². The highest BCUT2D eigenvalue weighted by atomic mass is 17.2. The molecular formula is C37H63N5O5. The van der Waals surface area contributed by atoms with E-state index >= 15 is 0 Å². The second-order valence-corrected chi connectivity index (χ2v) is 13.4. The Balaban J connectivity index is 1.09. The molecule has 4 N–H and O–H groups in total. The van der Waals surface area contributed by atoms with Gasteiger partial charge >= 0.3 is 0 Å². The molecule has 0 aromatic carbocycles. The van der Waals surface area contributed by atoms with Gasteiger partial charge in [0, 0.05) is 18.9 Å². The highest BCUT2D eigenvalue weighted by Crippen LogP contribution is 2.40. The summed E-state index contributed by atoms with van der Waals surface area (Å²) in [5, 5.41) is 10.7. The van der Waals surface area contributed by atoms with Crippen LogP contribution in [0.15, 0.2) is 35.6 Å². The van der Waals surface area contributed by atoms with E-state index in [4.69, 9.17) is 20.2 Å². The maximum atomic E-state index is 12.1. The van der Waals surface area contributed by atoms with Crippen molar-refractivity contribution in [3.63, 3.8) is 0 Å². The van der Waals surface area contributed by atoms with E-state index in [0.29, 0.717) is 31.9 Å².